The van der Waals surface area contributed by atoms with Gasteiger partial charge < -0.3 is 0 Å². The average molecular weight is 281 g/mol. The van der Waals surface area contributed by atoms with Crippen molar-refractivity contribution in [2.45, 2.75) is 4.90 Å². The van der Waals surface area contributed by atoms with Crippen molar-refractivity contribution < 1.29 is 28.2 Å². The third-order valence-electron chi connectivity index (χ3n) is 1.38. The summed E-state index contributed by atoms with van der Waals surface area (Å²) in [7, 11) is 0. The molecule has 1 heterocycles. The molecule has 0 aliphatic carbocycles. The molecule has 0 radical (unpaired) electrons. The molecule has 0 unspecified atom stereocenters. The van der Waals surface area contributed by atoms with Gasteiger partial charge in [-0.1, -0.05) is 0 Å². The zero-order chi connectivity index (χ0) is 7.68. The molecule has 0 atom stereocenters. The fraction of sp³-hybridized carbons (Fsp3) is 0.143. The van der Waals surface area contributed by atoms with Crippen molar-refractivity contribution in [2.24, 2.45) is 0 Å². The fourth-order valence-electron chi connectivity index (χ4n) is 0.823. The maximum absolute atomic E-state index is 5.32. The van der Waals surface area contributed by atoms with Crippen molar-refractivity contribution in [3.8, 4) is 11.5 Å². The normalized spacial score (nSPS) is 14.3. The van der Waals surface area contributed by atoms with Crippen LogP contribution in [0.15, 0.2) is 23.1 Å². The molecule has 2 rings (SSSR count). The monoisotopic (exact) mass is 281 g/mol. The number of hydrogen-bond acceptors (Lipinski definition) is 3. The zero-order valence-corrected chi connectivity index (χ0v) is 8.81. The van der Waals surface area contributed by atoms with E-state index in [0.29, 0.717) is 0 Å². The summed E-state index contributed by atoms with van der Waals surface area (Å²) in [5, 5.41) is 0. The van der Waals surface area contributed by atoms with Gasteiger partial charge in [-0.3, -0.25) is 0 Å². The Morgan fingerprint density at radius 1 is 1.27 bits per heavy atom. The number of benzene rings is 1. The Hall–Kier alpha value is -0.100. The molecule has 11 heavy (non-hydrogen) atoms. The molecule has 60 valence electrons. The summed E-state index contributed by atoms with van der Waals surface area (Å²) in [6, 6.07) is 6.03. The summed E-state index contributed by atoms with van der Waals surface area (Å²) in [5.74, 6) is 1.81. The molecule has 0 saturated heterocycles. The van der Waals surface area contributed by atoms with Crippen LogP contribution in [0.2, 0.25) is 0 Å². The van der Waals surface area contributed by atoms with E-state index in [1.807, 2.05) is 24.5 Å². The second kappa shape index (κ2) is 3.10. The summed E-state index contributed by atoms with van der Waals surface area (Å²) < 4.78 is 10.6. The predicted molar refractivity (Wildman–Crippen MR) is 39.5 cm³/mol. The van der Waals surface area contributed by atoms with Crippen LogP contribution in [0, 0.1) is 0 Å². The van der Waals surface area contributed by atoms with E-state index in [1.165, 1.54) is 4.90 Å². The maximum atomic E-state index is 5.32. The van der Waals surface area contributed by atoms with Crippen LogP contribution in [0.5, 0.6) is 11.5 Å². The quantitative estimate of drug-likeness (QED) is 0.491. The topological polar surface area (TPSA) is 18.5 Å². The summed E-state index contributed by atoms with van der Waals surface area (Å²) in [4.78, 5) is 1.22. The van der Waals surface area contributed by atoms with Crippen LogP contribution in [0.4, 0.5) is 0 Å². The van der Waals surface area contributed by atoms with E-state index in [9.17, 15) is 0 Å². The Labute approximate surface area is 80.6 Å². The SMILES string of the molecule is CSc1ccc2c(c1)O[I-]O2. The van der Waals surface area contributed by atoms with Gasteiger partial charge in [-0.05, 0) is 0 Å². The molecule has 0 amide bonds. The molecule has 0 N–H and O–H groups in total. The van der Waals surface area contributed by atoms with Crippen LogP contribution in [-0.4, -0.2) is 6.26 Å². The molecule has 1 aliphatic heterocycles. The van der Waals surface area contributed by atoms with Gasteiger partial charge in [-0.2, -0.15) is 0 Å². The summed E-state index contributed by atoms with van der Waals surface area (Å²) in [6.07, 6.45) is 2.05. The van der Waals surface area contributed by atoms with Crippen molar-refractivity contribution >= 4 is 11.8 Å². The Morgan fingerprint density at radius 2 is 2.09 bits per heavy atom. The number of halogens is 1. The Bertz CT molecular complexity index is 277. The Morgan fingerprint density at radius 3 is 2.91 bits per heavy atom. The first-order valence-corrected chi connectivity index (χ1v) is 6.05. The van der Waals surface area contributed by atoms with Crippen molar-refractivity contribution in [3.63, 3.8) is 0 Å². The zero-order valence-electron chi connectivity index (χ0n) is 5.83. The van der Waals surface area contributed by atoms with Crippen LogP contribution < -0.4 is 28.2 Å². The van der Waals surface area contributed by atoms with E-state index < -0.39 is 22.0 Å². The van der Waals surface area contributed by atoms with E-state index in [4.69, 9.17) is 6.13 Å². The molecule has 1 aromatic rings. The van der Waals surface area contributed by atoms with Crippen LogP contribution in [0.1, 0.15) is 0 Å². The van der Waals surface area contributed by atoms with Gasteiger partial charge in [0.05, 0.1) is 0 Å². The van der Waals surface area contributed by atoms with Crippen LogP contribution in [-0.2, 0) is 0 Å². The van der Waals surface area contributed by atoms with Gasteiger partial charge in [0.25, 0.3) is 0 Å². The molecule has 2 nitrogen and oxygen atoms in total. The molecule has 0 spiro atoms. The molecule has 0 bridgehead atoms. The molecule has 0 saturated carbocycles. The van der Waals surface area contributed by atoms with Gasteiger partial charge in [0.15, 0.2) is 0 Å². The fourth-order valence-corrected chi connectivity index (χ4v) is 2.44. The first-order valence-electron chi connectivity index (χ1n) is 3.07. The predicted octanol–water partition coefficient (Wildman–Crippen LogP) is -0.901. The van der Waals surface area contributed by atoms with E-state index in [1.54, 1.807) is 11.8 Å². The van der Waals surface area contributed by atoms with Crippen LogP contribution in [0.25, 0.3) is 0 Å². The van der Waals surface area contributed by atoms with Crippen molar-refractivity contribution in [3.05, 3.63) is 18.2 Å². The first-order chi connectivity index (χ1) is 5.40. The number of fused-ring (bicyclic) bond motifs is 1. The van der Waals surface area contributed by atoms with E-state index in [2.05, 4.69) is 0 Å². The summed E-state index contributed by atoms with van der Waals surface area (Å²) >= 11 is 1.20. The van der Waals surface area contributed by atoms with E-state index in [0.717, 1.165) is 11.5 Å². The first kappa shape index (κ1) is 7.54. The minimum absolute atomic E-state index is 0.515. The second-order valence-electron chi connectivity index (χ2n) is 2.03. The van der Waals surface area contributed by atoms with Crippen molar-refractivity contribution in [1.29, 1.82) is 0 Å². The van der Waals surface area contributed by atoms with E-state index >= 15 is 0 Å². The van der Waals surface area contributed by atoms with Crippen LogP contribution >= 0.6 is 11.8 Å². The Balaban J connectivity index is 2.41. The third-order valence-corrected chi connectivity index (χ3v) is 3.41. The number of thioether (sulfide) groups is 1. The van der Waals surface area contributed by atoms with E-state index in [-0.39, 0.29) is 0 Å². The van der Waals surface area contributed by atoms with Gasteiger partial charge >= 0.3 is 80.8 Å². The van der Waals surface area contributed by atoms with Gasteiger partial charge in [0.2, 0.25) is 0 Å². The standard InChI is InChI=1S/C7H6IO2S/c1-11-5-2-3-6-7(4-5)10-8-9-6/h2-4H,1H3/q-1. The molecular weight excluding hydrogens is 275 g/mol. The van der Waals surface area contributed by atoms with Gasteiger partial charge in [-0.15, -0.1) is 0 Å². The Kier molecular flexibility index (Phi) is 2.13. The molecule has 0 fully saturated rings. The van der Waals surface area contributed by atoms with Crippen molar-refractivity contribution in [2.75, 3.05) is 6.26 Å². The third kappa shape index (κ3) is 1.41. The molecule has 1 aromatic carbocycles. The number of hydrogen-bond donors (Lipinski definition) is 0. The second-order valence-corrected chi connectivity index (χ2v) is 4.15. The summed E-state index contributed by atoms with van der Waals surface area (Å²) in [5.41, 5.74) is 0. The molecular formula is C7H6IO2S-. The molecule has 1 aliphatic rings. The average Bonchev–Trinajstić information content (AvgIpc) is 2.50. The van der Waals surface area contributed by atoms with Crippen molar-refractivity contribution in [1.82, 2.24) is 0 Å². The molecule has 0 aromatic heterocycles. The minimum atomic E-state index is -0.515. The van der Waals surface area contributed by atoms with Gasteiger partial charge in [0.1, 0.15) is 0 Å². The van der Waals surface area contributed by atoms with Crippen LogP contribution in [0.3, 0.4) is 0 Å². The van der Waals surface area contributed by atoms with Gasteiger partial charge in [0, 0.05) is 0 Å². The summed E-state index contributed by atoms with van der Waals surface area (Å²) in [6.45, 7) is 0. The number of rotatable bonds is 1. The molecule has 4 heteroatoms. The van der Waals surface area contributed by atoms with Gasteiger partial charge in [-0.25, -0.2) is 0 Å².